The number of allylic oxidation sites excluding steroid dienone is 6. The van der Waals surface area contributed by atoms with Crippen LogP contribution in [0.4, 0.5) is 0 Å². The van der Waals surface area contributed by atoms with Crippen LogP contribution in [0.15, 0.2) is 36.5 Å². The highest BCUT2D eigenvalue weighted by Gasteiger charge is 2.19. The molecule has 0 heterocycles. The molecule has 0 aromatic rings. The predicted octanol–water partition coefficient (Wildman–Crippen LogP) is 24.3. The molecule has 0 aliphatic carbocycles. The zero-order valence-corrected chi connectivity index (χ0v) is 53.4. The molecule has 0 aliphatic rings. The van der Waals surface area contributed by atoms with Crippen LogP contribution in [0.2, 0.25) is 0 Å². The van der Waals surface area contributed by atoms with E-state index in [4.69, 9.17) is 14.2 Å². The maximum absolute atomic E-state index is 12.9. The summed E-state index contributed by atoms with van der Waals surface area (Å²) < 4.78 is 16.9. The van der Waals surface area contributed by atoms with Gasteiger partial charge >= 0.3 is 17.9 Å². The molecule has 0 radical (unpaired) electrons. The number of carbonyl (C=O) groups excluding carboxylic acids is 3. The lowest BCUT2D eigenvalue weighted by atomic mass is 10.0. The summed E-state index contributed by atoms with van der Waals surface area (Å²) >= 11 is 0. The van der Waals surface area contributed by atoms with Gasteiger partial charge in [-0.1, -0.05) is 333 Å². The normalized spacial score (nSPS) is 12.2. The number of hydrogen-bond acceptors (Lipinski definition) is 6. The van der Waals surface area contributed by atoms with Crippen molar-refractivity contribution < 1.29 is 28.6 Å². The zero-order chi connectivity index (χ0) is 57.1. The minimum Gasteiger partial charge on any atom is -0.462 e. The molecule has 0 aliphatic heterocycles. The highest BCUT2D eigenvalue weighted by atomic mass is 16.6. The molecular weight excluding hydrogens is 973 g/mol. The van der Waals surface area contributed by atoms with E-state index >= 15 is 0 Å². The first-order valence-corrected chi connectivity index (χ1v) is 35.5. The molecule has 464 valence electrons. The summed E-state index contributed by atoms with van der Waals surface area (Å²) in [6.45, 7) is 6.68. The number of unbranched alkanes of at least 4 members (excludes halogenated alkanes) is 49. The lowest BCUT2D eigenvalue weighted by Crippen LogP contribution is -2.30. The molecule has 0 bridgehead atoms. The SMILES string of the molecule is CCCCCCC/C=C\C/C=C\CCCCCCCCCCCCCCCCCC(=O)OCC(COC(=O)CCCCCCCCCCC)OC(=O)CCCCCCCCCCCCCCC/C=C\CCCCCCCCCC. The molecule has 0 spiro atoms. The summed E-state index contributed by atoms with van der Waals surface area (Å²) in [5.74, 6) is -0.843. The maximum Gasteiger partial charge on any atom is 0.306 e. The first-order valence-electron chi connectivity index (χ1n) is 35.5. The minimum absolute atomic E-state index is 0.0668. The van der Waals surface area contributed by atoms with E-state index in [1.165, 1.54) is 289 Å². The van der Waals surface area contributed by atoms with Crippen molar-refractivity contribution in [2.45, 2.75) is 399 Å². The zero-order valence-electron chi connectivity index (χ0n) is 53.4. The molecule has 0 aromatic carbocycles. The summed E-state index contributed by atoms with van der Waals surface area (Å²) in [7, 11) is 0. The van der Waals surface area contributed by atoms with Crippen LogP contribution >= 0.6 is 0 Å². The van der Waals surface area contributed by atoms with Gasteiger partial charge in [0.15, 0.2) is 6.10 Å². The van der Waals surface area contributed by atoms with E-state index in [-0.39, 0.29) is 31.1 Å². The second kappa shape index (κ2) is 68.1. The molecule has 6 heteroatoms. The molecule has 0 N–H and O–H groups in total. The molecule has 1 unspecified atom stereocenters. The highest BCUT2D eigenvalue weighted by Crippen LogP contribution is 2.18. The number of carbonyl (C=O) groups is 3. The van der Waals surface area contributed by atoms with Crippen LogP contribution in [-0.2, 0) is 28.6 Å². The van der Waals surface area contributed by atoms with Crippen molar-refractivity contribution in [1.29, 1.82) is 0 Å². The van der Waals surface area contributed by atoms with Crippen LogP contribution in [0.3, 0.4) is 0 Å². The van der Waals surface area contributed by atoms with Crippen molar-refractivity contribution in [3.05, 3.63) is 36.5 Å². The third kappa shape index (κ3) is 66.3. The van der Waals surface area contributed by atoms with Crippen molar-refractivity contribution in [2.75, 3.05) is 13.2 Å². The Labute approximate surface area is 493 Å². The fourth-order valence-electron chi connectivity index (χ4n) is 10.8. The van der Waals surface area contributed by atoms with Crippen LogP contribution in [0, 0.1) is 0 Å². The van der Waals surface area contributed by atoms with Crippen molar-refractivity contribution in [3.8, 4) is 0 Å². The number of rotatable bonds is 66. The molecule has 0 saturated heterocycles. The van der Waals surface area contributed by atoms with Gasteiger partial charge in [-0.3, -0.25) is 14.4 Å². The number of hydrogen-bond donors (Lipinski definition) is 0. The molecule has 6 nitrogen and oxygen atoms in total. The first-order chi connectivity index (χ1) is 39.0. The molecule has 0 saturated carbocycles. The predicted molar refractivity (Wildman–Crippen MR) is 344 cm³/mol. The van der Waals surface area contributed by atoms with Crippen LogP contribution in [-0.4, -0.2) is 37.2 Å². The van der Waals surface area contributed by atoms with Gasteiger partial charge in [-0.25, -0.2) is 0 Å². The summed E-state index contributed by atoms with van der Waals surface area (Å²) in [6.07, 6.45) is 84.8. The van der Waals surface area contributed by atoms with E-state index < -0.39 is 6.10 Å². The van der Waals surface area contributed by atoms with E-state index in [1.807, 2.05) is 0 Å². The Morgan fingerprint density at radius 2 is 0.456 bits per heavy atom. The van der Waals surface area contributed by atoms with Crippen LogP contribution in [0.5, 0.6) is 0 Å². The van der Waals surface area contributed by atoms with Crippen LogP contribution < -0.4 is 0 Å². The lowest BCUT2D eigenvalue weighted by molar-refractivity contribution is -0.167. The van der Waals surface area contributed by atoms with Gasteiger partial charge in [-0.15, -0.1) is 0 Å². The van der Waals surface area contributed by atoms with Gasteiger partial charge in [0.05, 0.1) is 0 Å². The smallest absolute Gasteiger partial charge is 0.306 e. The Bertz CT molecular complexity index is 1320. The lowest BCUT2D eigenvalue weighted by Gasteiger charge is -2.18. The van der Waals surface area contributed by atoms with Crippen molar-refractivity contribution in [3.63, 3.8) is 0 Å². The second-order valence-electron chi connectivity index (χ2n) is 24.1. The number of ether oxygens (including phenoxy) is 3. The van der Waals surface area contributed by atoms with Crippen molar-refractivity contribution >= 4 is 17.9 Å². The van der Waals surface area contributed by atoms with E-state index in [1.54, 1.807) is 0 Å². The number of esters is 3. The van der Waals surface area contributed by atoms with E-state index in [2.05, 4.69) is 57.2 Å². The Kier molecular flexibility index (Phi) is 66.1. The van der Waals surface area contributed by atoms with Crippen molar-refractivity contribution in [2.24, 2.45) is 0 Å². The molecule has 0 fully saturated rings. The van der Waals surface area contributed by atoms with Gasteiger partial charge in [-0.2, -0.15) is 0 Å². The Hall–Kier alpha value is -2.37. The van der Waals surface area contributed by atoms with Gasteiger partial charge in [0, 0.05) is 19.3 Å². The molecular formula is C73H136O6. The van der Waals surface area contributed by atoms with Gasteiger partial charge in [-0.05, 0) is 77.0 Å². The average molecular weight is 1110 g/mol. The maximum atomic E-state index is 12.9. The molecule has 0 rings (SSSR count). The van der Waals surface area contributed by atoms with Crippen LogP contribution in [0.1, 0.15) is 393 Å². The van der Waals surface area contributed by atoms with Crippen LogP contribution in [0.25, 0.3) is 0 Å². The first kappa shape index (κ1) is 76.6. The van der Waals surface area contributed by atoms with Gasteiger partial charge in [0.25, 0.3) is 0 Å². The monoisotopic (exact) mass is 1110 g/mol. The molecule has 79 heavy (non-hydrogen) atoms. The molecule has 1 atom stereocenters. The highest BCUT2D eigenvalue weighted by molar-refractivity contribution is 5.71. The summed E-state index contributed by atoms with van der Waals surface area (Å²) in [5.41, 5.74) is 0. The van der Waals surface area contributed by atoms with Gasteiger partial charge in [0.2, 0.25) is 0 Å². The fourth-order valence-corrected chi connectivity index (χ4v) is 10.8. The quantitative estimate of drug-likeness (QED) is 0.0261. The fraction of sp³-hybridized carbons (Fsp3) is 0.877. The van der Waals surface area contributed by atoms with E-state index in [0.29, 0.717) is 19.3 Å². The molecule has 0 aromatic heterocycles. The van der Waals surface area contributed by atoms with Gasteiger partial charge in [0.1, 0.15) is 13.2 Å². The Morgan fingerprint density at radius 3 is 0.709 bits per heavy atom. The standard InChI is InChI=1S/C73H136O6/c1-4-7-10-13-16-19-21-23-25-27-29-31-33-35-36-38-39-41-43-45-47-49-51-54-57-60-63-66-72(75)78-69-70(68-77-71(74)65-62-59-56-53-18-15-12-9-6-3)79-73(76)67-64-61-58-55-52-50-48-46-44-42-40-37-34-32-30-28-26-24-22-20-17-14-11-8-5-2/h21,23,27-30,70H,4-20,22,24-26,31-69H2,1-3H3/b23-21-,29-27-,30-28-. The summed E-state index contributed by atoms with van der Waals surface area (Å²) in [4.78, 5) is 38.3. The van der Waals surface area contributed by atoms with Crippen molar-refractivity contribution in [1.82, 2.24) is 0 Å². The third-order valence-electron chi connectivity index (χ3n) is 16.1. The Balaban J connectivity index is 4.11. The average Bonchev–Trinajstić information content (AvgIpc) is 3.45. The van der Waals surface area contributed by atoms with E-state index in [9.17, 15) is 14.4 Å². The topological polar surface area (TPSA) is 78.9 Å². The Morgan fingerprint density at radius 1 is 0.253 bits per heavy atom. The summed E-state index contributed by atoms with van der Waals surface area (Å²) in [5, 5.41) is 0. The minimum atomic E-state index is -0.769. The third-order valence-corrected chi connectivity index (χ3v) is 16.1. The molecule has 0 amide bonds. The summed E-state index contributed by atoms with van der Waals surface area (Å²) in [6, 6.07) is 0. The second-order valence-corrected chi connectivity index (χ2v) is 24.1. The van der Waals surface area contributed by atoms with E-state index in [0.717, 1.165) is 64.2 Å². The largest absolute Gasteiger partial charge is 0.462 e. The van der Waals surface area contributed by atoms with Gasteiger partial charge < -0.3 is 14.2 Å².